The van der Waals surface area contributed by atoms with Crippen molar-refractivity contribution >= 4 is 6.09 Å². The van der Waals surface area contributed by atoms with Crippen molar-refractivity contribution in [2.24, 2.45) is 0 Å². The van der Waals surface area contributed by atoms with Crippen molar-refractivity contribution < 1.29 is 13.9 Å². The van der Waals surface area contributed by atoms with Gasteiger partial charge < -0.3 is 9.64 Å². The first-order valence-electron chi connectivity index (χ1n) is 10.5. The monoisotopic (exact) mass is 415 g/mol. The summed E-state index contributed by atoms with van der Waals surface area (Å²) in [7, 11) is 0. The fourth-order valence-electron chi connectivity index (χ4n) is 4.24. The predicted octanol–water partition coefficient (Wildman–Crippen LogP) is 6.87. The van der Waals surface area contributed by atoms with Crippen LogP contribution in [-0.2, 0) is 10.3 Å². The standard InChI is InChI=1S/C27H26FNO2/c1-3-17-27(24-7-5-4-6-8-24)18-19-29(26(30)31-27)20(2)21-9-11-22(12-10-21)23-13-15-25(28)16-14-23/h3-16,20H,1,17-19H2,2H3/t20-,27+/m0/s1. The molecule has 0 unspecified atom stereocenters. The highest BCUT2D eigenvalue weighted by Gasteiger charge is 2.42. The van der Waals surface area contributed by atoms with E-state index in [1.165, 1.54) is 12.1 Å². The maximum absolute atomic E-state index is 13.2. The Kier molecular flexibility index (Phi) is 5.90. The Labute approximate surface area is 182 Å². The highest BCUT2D eigenvalue weighted by Crippen LogP contribution is 2.39. The smallest absolute Gasteiger partial charge is 0.411 e. The molecule has 31 heavy (non-hydrogen) atoms. The van der Waals surface area contributed by atoms with Crippen molar-refractivity contribution in [1.29, 1.82) is 0 Å². The first kappa shape index (κ1) is 20.9. The molecule has 0 bridgehead atoms. The summed E-state index contributed by atoms with van der Waals surface area (Å²) in [5.41, 5.74) is 3.32. The highest BCUT2D eigenvalue weighted by molar-refractivity contribution is 5.70. The Hall–Kier alpha value is -3.40. The van der Waals surface area contributed by atoms with Gasteiger partial charge in [-0.15, -0.1) is 6.58 Å². The molecule has 1 heterocycles. The van der Waals surface area contributed by atoms with Crippen LogP contribution in [0.4, 0.5) is 9.18 Å². The second kappa shape index (κ2) is 8.76. The number of cyclic esters (lactones) is 1. The molecule has 0 N–H and O–H groups in total. The van der Waals surface area contributed by atoms with Gasteiger partial charge in [-0.2, -0.15) is 0 Å². The highest BCUT2D eigenvalue weighted by atomic mass is 19.1. The number of ether oxygens (including phenoxy) is 1. The molecule has 0 saturated carbocycles. The molecule has 0 aromatic heterocycles. The van der Waals surface area contributed by atoms with Gasteiger partial charge in [0.05, 0.1) is 6.04 Å². The Morgan fingerprint density at radius 2 is 1.65 bits per heavy atom. The molecule has 1 amide bonds. The van der Waals surface area contributed by atoms with Gasteiger partial charge in [-0.1, -0.05) is 72.8 Å². The van der Waals surface area contributed by atoms with Gasteiger partial charge in [-0.25, -0.2) is 9.18 Å². The molecule has 2 atom stereocenters. The molecule has 158 valence electrons. The van der Waals surface area contributed by atoms with Gasteiger partial charge in [0.15, 0.2) is 0 Å². The van der Waals surface area contributed by atoms with Gasteiger partial charge in [-0.3, -0.25) is 0 Å². The first-order valence-corrected chi connectivity index (χ1v) is 10.5. The molecular weight excluding hydrogens is 389 g/mol. The Morgan fingerprint density at radius 1 is 1.03 bits per heavy atom. The van der Waals surface area contributed by atoms with E-state index >= 15 is 0 Å². The molecule has 1 aliphatic rings. The second-order valence-corrected chi connectivity index (χ2v) is 7.97. The number of carbonyl (C=O) groups is 1. The maximum Gasteiger partial charge on any atom is 0.411 e. The molecule has 3 nitrogen and oxygen atoms in total. The zero-order valence-corrected chi connectivity index (χ0v) is 17.6. The van der Waals surface area contributed by atoms with Crippen LogP contribution >= 0.6 is 0 Å². The maximum atomic E-state index is 13.2. The quantitative estimate of drug-likeness (QED) is 0.411. The van der Waals surface area contributed by atoms with Crippen LogP contribution in [0.15, 0.2) is 91.5 Å². The summed E-state index contributed by atoms with van der Waals surface area (Å²) in [5.74, 6) is -0.249. The number of nitrogens with zero attached hydrogens (tertiary/aromatic N) is 1. The molecular formula is C27H26FNO2. The van der Waals surface area contributed by atoms with Gasteiger partial charge in [0.1, 0.15) is 11.4 Å². The first-order chi connectivity index (χ1) is 15.0. The molecule has 1 saturated heterocycles. The molecule has 1 fully saturated rings. The van der Waals surface area contributed by atoms with Crippen LogP contribution in [-0.4, -0.2) is 17.5 Å². The van der Waals surface area contributed by atoms with Crippen molar-refractivity contribution in [2.45, 2.75) is 31.4 Å². The third-order valence-electron chi connectivity index (χ3n) is 6.09. The summed E-state index contributed by atoms with van der Waals surface area (Å²) in [6, 6.07) is 24.2. The van der Waals surface area contributed by atoms with Crippen LogP contribution in [0.1, 0.15) is 36.9 Å². The predicted molar refractivity (Wildman–Crippen MR) is 121 cm³/mol. The average molecular weight is 416 g/mol. The van der Waals surface area contributed by atoms with Crippen LogP contribution < -0.4 is 0 Å². The Balaban J connectivity index is 1.51. The molecule has 0 aliphatic carbocycles. The Bertz CT molecular complexity index is 1050. The van der Waals surface area contributed by atoms with E-state index in [2.05, 4.69) is 6.58 Å². The second-order valence-electron chi connectivity index (χ2n) is 7.97. The summed E-state index contributed by atoms with van der Waals surface area (Å²) in [4.78, 5) is 14.8. The van der Waals surface area contributed by atoms with Crippen LogP contribution in [0.5, 0.6) is 0 Å². The van der Waals surface area contributed by atoms with Crippen molar-refractivity contribution in [1.82, 2.24) is 4.90 Å². The summed E-state index contributed by atoms with van der Waals surface area (Å²) in [6.07, 6.45) is 2.78. The fourth-order valence-corrected chi connectivity index (χ4v) is 4.24. The summed E-state index contributed by atoms with van der Waals surface area (Å²) < 4.78 is 19.2. The lowest BCUT2D eigenvalue weighted by Crippen LogP contribution is -2.48. The molecule has 4 heteroatoms. The number of rotatable bonds is 6. The van der Waals surface area contributed by atoms with Crippen LogP contribution in [0.3, 0.4) is 0 Å². The van der Waals surface area contributed by atoms with E-state index in [4.69, 9.17) is 4.74 Å². The van der Waals surface area contributed by atoms with E-state index in [9.17, 15) is 9.18 Å². The van der Waals surface area contributed by atoms with Crippen molar-refractivity contribution in [3.05, 3.63) is 108 Å². The van der Waals surface area contributed by atoms with Gasteiger partial charge in [0.2, 0.25) is 0 Å². The van der Waals surface area contributed by atoms with Gasteiger partial charge in [0.25, 0.3) is 0 Å². The van der Waals surface area contributed by atoms with E-state index < -0.39 is 5.60 Å². The number of halogens is 1. The van der Waals surface area contributed by atoms with Crippen molar-refractivity contribution in [3.63, 3.8) is 0 Å². The topological polar surface area (TPSA) is 29.5 Å². The minimum absolute atomic E-state index is 0.118. The summed E-state index contributed by atoms with van der Waals surface area (Å²) >= 11 is 0. The van der Waals surface area contributed by atoms with E-state index in [0.29, 0.717) is 19.4 Å². The lowest BCUT2D eigenvalue weighted by Gasteiger charge is -2.43. The number of hydrogen-bond donors (Lipinski definition) is 0. The van der Waals surface area contributed by atoms with Gasteiger partial charge >= 0.3 is 6.09 Å². The molecule has 0 radical (unpaired) electrons. The largest absolute Gasteiger partial charge is 0.437 e. The van der Waals surface area contributed by atoms with Crippen molar-refractivity contribution in [2.75, 3.05) is 6.54 Å². The van der Waals surface area contributed by atoms with E-state index in [1.54, 1.807) is 17.0 Å². The molecule has 3 aromatic carbocycles. The molecule has 0 spiro atoms. The molecule has 1 aliphatic heterocycles. The van der Waals surface area contributed by atoms with Crippen LogP contribution in [0, 0.1) is 5.82 Å². The number of carbonyl (C=O) groups excluding carboxylic acids is 1. The minimum Gasteiger partial charge on any atom is -0.437 e. The number of benzene rings is 3. The lowest BCUT2D eigenvalue weighted by atomic mass is 9.85. The van der Waals surface area contributed by atoms with Crippen LogP contribution in [0.2, 0.25) is 0 Å². The van der Waals surface area contributed by atoms with E-state index in [-0.39, 0.29) is 18.0 Å². The van der Waals surface area contributed by atoms with Gasteiger partial charge in [-0.05, 0) is 41.3 Å². The Morgan fingerprint density at radius 3 is 2.23 bits per heavy atom. The van der Waals surface area contributed by atoms with Crippen molar-refractivity contribution in [3.8, 4) is 11.1 Å². The third-order valence-corrected chi connectivity index (χ3v) is 6.09. The minimum atomic E-state index is -0.664. The van der Waals surface area contributed by atoms with E-state index in [0.717, 1.165) is 22.3 Å². The average Bonchev–Trinajstić information content (AvgIpc) is 2.80. The lowest BCUT2D eigenvalue weighted by molar-refractivity contribution is -0.0588. The SMILES string of the molecule is C=CC[C@]1(c2ccccc2)CCN([C@@H](C)c2ccc(-c3ccc(F)cc3)cc2)C(=O)O1. The zero-order valence-electron chi connectivity index (χ0n) is 17.6. The summed E-state index contributed by atoms with van der Waals surface area (Å²) in [6.45, 7) is 6.48. The normalized spacial score (nSPS) is 19.5. The van der Waals surface area contributed by atoms with E-state index in [1.807, 2.05) is 67.6 Å². The van der Waals surface area contributed by atoms with Crippen LogP contribution in [0.25, 0.3) is 11.1 Å². The summed E-state index contributed by atoms with van der Waals surface area (Å²) in [5, 5.41) is 0. The zero-order chi connectivity index (χ0) is 21.8. The number of amides is 1. The molecule has 3 aromatic rings. The number of hydrogen-bond acceptors (Lipinski definition) is 2. The van der Waals surface area contributed by atoms with Gasteiger partial charge in [0, 0.05) is 19.4 Å². The molecule has 4 rings (SSSR count). The third kappa shape index (κ3) is 4.24. The fraction of sp³-hybridized carbons (Fsp3) is 0.222.